The molecule has 0 spiro atoms. The highest BCUT2D eigenvalue weighted by Gasteiger charge is 2.39. The van der Waals surface area contributed by atoms with Crippen LogP contribution in [0.2, 0.25) is 0 Å². The Morgan fingerprint density at radius 1 is 1.33 bits per heavy atom. The molecule has 1 fully saturated rings. The van der Waals surface area contributed by atoms with E-state index in [1.54, 1.807) is 25.5 Å². The van der Waals surface area contributed by atoms with Crippen LogP contribution in [0.3, 0.4) is 0 Å². The second kappa shape index (κ2) is 7.24. The number of benzene rings is 1. The molecule has 11 heteroatoms. The molecule has 158 valence electrons. The van der Waals surface area contributed by atoms with Crippen molar-refractivity contribution >= 4 is 22.9 Å². The molecular formula is C19H19F3N6O2. The zero-order valence-corrected chi connectivity index (χ0v) is 16.0. The van der Waals surface area contributed by atoms with Crippen LogP contribution in [0.4, 0.5) is 19.1 Å². The molecule has 30 heavy (non-hydrogen) atoms. The first-order valence-corrected chi connectivity index (χ1v) is 9.21. The molecule has 1 aliphatic rings. The van der Waals surface area contributed by atoms with Crippen LogP contribution in [-0.2, 0) is 6.18 Å². The fourth-order valence-electron chi connectivity index (χ4n) is 3.62. The number of aliphatic hydroxyl groups is 1. The van der Waals surface area contributed by atoms with Crippen LogP contribution < -0.4 is 4.90 Å². The third kappa shape index (κ3) is 3.92. The molecule has 1 atom stereocenters. The lowest BCUT2D eigenvalue weighted by Gasteiger charge is -2.29. The number of fused-ring (bicyclic) bond motifs is 1. The highest BCUT2D eigenvalue weighted by Crippen LogP contribution is 2.29. The van der Waals surface area contributed by atoms with Crippen LogP contribution in [0, 0.1) is 0 Å². The summed E-state index contributed by atoms with van der Waals surface area (Å²) in [7, 11) is 1.54. The number of hydrogen-bond donors (Lipinski definition) is 2. The number of nitrogens with zero attached hydrogens (tertiary/aromatic N) is 5. The summed E-state index contributed by atoms with van der Waals surface area (Å²) in [4.78, 5) is 30.0. The van der Waals surface area contributed by atoms with Crippen molar-refractivity contribution in [2.45, 2.75) is 18.2 Å². The summed E-state index contributed by atoms with van der Waals surface area (Å²) >= 11 is 0. The van der Waals surface area contributed by atoms with Gasteiger partial charge in [-0.2, -0.15) is 13.2 Å². The van der Waals surface area contributed by atoms with Crippen molar-refractivity contribution in [2.75, 3.05) is 31.6 Å². The van der Waals surface area contributed by atoms with Gasteiger partial charge in [0, 0.05) is 31.5 Å². The van der Waals surface area contributed by atoms with Gasteiger partial charge < -0.3 is 19.9 Å². The topological polar surface area (TPSA) is 98.2 Å². The molecule has 4 rings (SSSR count). The number of hydrogen-bond acceptors (Lipinski definition) is 6. The van der Waals surface area contributed by atoms with Gasteiger partial charge in [0.2, 0.25) is 11.8 Å². The van der Waals surface area contributed by atoms with E-state index in [4.69, 9.17) is 0 Å². The molecular weight excluding hydrogens is 401 g/mol. The Morgan fingerprint density at radius 3 is 2.77 bits per heavy atom. The molecule has 0 unspecified atom stereocenters. The quantitative estimate of drug-likeness (QED) is 0.671. The number of carbonyl (C=O) groups excluding carboxylic acids is 1. The molecule has 2 N–H and O–H groups in total. The van der Waals surface area contributed by atoms with Crippen molar-refractivity contribution < 1.29 is 23.1 Å². The van der Waals surface area contributed by atoms with E-state index in [0.717, 1.165) is 0 Å². The molecule has 0 saturated carbocycles. The number of anilines is 1. The second-order valence-corrected chi connectivity index (χ2v) is 7.42. The minimum Gasteiger partial charge on any atom is -0.386 e. The summed E-state index contributed by atoms with van der Waals surface area (Å²) in [6.45, 7) is 0.871. The van der Waals surface area contributed by atoms with Crippen molar-refractivity contribution in [3.8, 4) is 0 Å². The van der Waals surface area contributed by atoms with Gasteiger partial charge in [-0.25, -0.2) is 15.0 Å². The molecule has 1 saturated heterocycles. The number of imidazole rings is 1. The predicted octanol–water partition coefficient (Wildman–Crippen LogP) is 2.09. The van der Waals surface area contributed by atoms with Gasteiger partial charge in [0.1, 0.15) is 5.60 Å². The number of β-amino-alcohol motifs (C(OH)–C–C–N with tert-alkyl or cyclic N) is 1. The molecule has 3 aromatic rings. The van der Waals surface area contributed by atoms with Gasteiger partial charge >= 0.3 is 6.18 Å². The van der Waals surface area contributed by atoms with Gasteiger partial charge in [-0.15, -0.1) is 0 Å². The number of carbonyl (C=O) groups is 1. The molecule has 8 nitrogen and oxygen atoms in total. The van der Waals surface area contributed by atoms with Crippen molar-refractivity contribution in [3.05, 3.63) is 48.0 Å². The number of likely N-dealkylation sites (N-methyl/N-ethyl adjacent to an activating group) is 1. The third-order valence-corrected chi connectivity index (χ3v) is 5.04. The number of alkyl halides is 3. The van der Waals surface area contributed by atoms with Crippen molar-refractivity contribution in [1.82, 2.24) is 24.8 Å². The Balaban J connectivity index is 1.47. The molecule has 3 heterocycles. The Hall–Kier alpha value is -3.21. The monoisotopic (exact) mass is 420 g/mol. The van der Waals surface area contributed by atoms with Gasteiger partial charge in [0.05, 0.1) is 24.1 Å². The largest absolute Gasteiger partial charge is 0.449 e. The highest BCUT2D eigenvalue weighted by atomic mass is 19.4. The lowest BCUT2D eigenvalue weighted by atomic mass is 10.0. The fourth-order valence-corrected chi connectivity index (χ4v) is 3.62. The van der Waals surface area contributed by atoms with Crippen LogP contribution in [-0.4, -0.2) is 68.1 Å². The molecule has 1 amide bonds. The molecule has 0 radical (unpaired) electrons. The Labute approximate surface area is 169 Å². The van der Waals surface area contributed by atoms with E-state index >= 15 is 0 Å². The molecule has 0 bridgehead atoms. The number of H-pyrrole nitrogens is 1. The average Bonchev–Trinajstić information content (AvgIpc) is 3.31. The van der Waals surface area contributed by atoms with Gasteiger partial charge in [-0.1, -0.05) is 0 Å². The number of rotatable bonds is 4. The average molecular weight is 420 g/mol. The zero-order chi connectivity index (χ0) is 21.5. The lowest BCUT2D eigenvalue weighted by molar-refractivity contribution is -0.144. The summed E-state index contributed by atoms with van der Waals surface area (Å²) < 4.78 is 38.5. The lowest BCUT2D eigenvalue weighted by Crippen LogP contribution is -2.46. The maximum atomic E-state index is 12.8. The molecule has 2 aromatic heterocycles. The first-order valence-electron chi connectivity index (χ1n) is 9.21. The van der Waals surface area contributed by atoms with Crippen LogP contribution in [0.25, 0.3) is 11.0 Å². The standard InChI is InChI=1S/C19H19F3N6O2/c1-27(10-18(30)5-8-28(11-18)17-23-6-2-7-24-17)15(29)12-3-4-13-14(9-12)26-16(25-13)19(20,21)22/h2-4,6-7,9,30H,5,8,10-11H2,1H3,(H,25,26)/t18-/m1/s1. The minimum atomic E-state index is -4.60. The van der Waals surface area contributed by atoms with Crippen LogP contribution in [0.1, 0.15) is 22.6 Å². The predicted molar refractivity (Wildman–Crippen MR) is 102 cm³/mol. The first kappa shape index (κ1) is 20.1. The SMILES string of the molecule is CN(C[C@]1(O)CCN(c2ncccn2)C1)C(=O)c1ccc2nc(C(F)(F)F)[nH]c2c1. The summed E-state index contributed by atoms with van der Waals surface area (Å²) in [5, 5.41) is 10.9. The summed E-state index contributed by atoms with van der Waals surface area (Å²) in [5.41, 5.74) is -0.708. The maximum absolute atomic E-state index is 12.8. The van der Waals surface area contributed by atoms with Crippen molar-refractivity contribution in [3.63, 3.8) is 0 Å². The Morgan fingerprint density at radius 2 is 2.07 bits per heavy atom. The Kier molecular flexibility index (Phi) is 4.85. The van der Waals surface area contributed by atoms with Gasteiger partial charge in [0.25, 0.3) is 5.91 Å². The van der Waals surface area contributed by atoms with Gasteiger partial charge in [-0.3, -0.25) is 4.79 Å². The van der Waals surface area contributed by atoms with Crippen LogP contribution in [0.15, 0.2) is 36.7 Å². The number of halogens is 3. The van der Waals surface area contributed by atoms with Crippen molar-refractivity contribution in [1.29, 1.82) is 0 Å². The fraction of sp³-hybridized carbons (Fsp3) is 0.368. The normalized spacial score (nSPS) is 19.4. The van der Waals surface area contributed by atoms with E-state index in [2.05, 4.69) is 19.9 Å². The van der Waals surface area contributed by atoms with Gasteiger partial charge in [0.15, 0.2) is 0 Å². The summed E-state index contributed by atoms with van der Waals surface area (Å²) in [6.07, 6.45) is -0.937. The third-order valence-electron chi connectivity index (χ3n) is 5.04. The van der Waals surface area contributed by atoms with E-state index in [0.29, 0.717) is 18.9 Å². The number of nitrogens with one attached hydrogen (secondary N) is 1. The van der Waals surface area contributed by atoms with Crippen LogP contribution in [0.5, 0.6) is 0 Å². The number of aromatic nitrogens is 4. The number of amides is 1. The van der Waals surface area contributed by atoms with E-state index in [1.807, 2.05) is 4.90 Å². The van der Waals surface area contributed by atoms with E-state index in [1.165, 1.54) is 23.1 Å². The van der Waals surface area contributed by atoms with Gasteiger partial charge in [-0.05, 0) is 30.7 Å². The highest BCUT2D eigenvalue weighted by molar-refractivity contribution is 5.97. The maximum Gasteiger partial charge on any atom is 0.449 e. The van der Waals surface area contributed by atoms with E-state index in [-0.39, 0.29) is 29.7 Å². The smallest absolute Gasteiger partial charge is 0.386 e. The molecule has 1 aliphatic heterocycles. The molecule has 1 aromatic carbocycles. The molecule has 0 aliphatic carbocycles. The summed E-state index contributed by atoms with van der Waals surface area (Å²) in [6, 6.07) is 5.82. The second-order valence-electron chi connectivity index (χ2n) is 7.42. The first-order chi connectivity index (χ1) is 14.1. The van der Waals surface area contributed by atoms with Crippen LogP contribution >= 0.6 is 0 Å². The van der Waals surface area contributed by atoms with E-state index < -0.39 is 23.5 Å². The van der Waals surface area contributed by atoms with E-state index in [9.17, 15) is 23.1 Å². The van der Waals surface area contributed by atoms with Crippen molar-refractivity contribution in [2.24, 2.45) is 0 Å². The Bertz CT molecular complexity index is 1070. The minimum absolute atomic E-state index is 0.0595. The summed E-state index contributed by atoms with van der Waals surface area (Å²) in [5.74, 6) is -1.02. The number of aromatic amines is 1. The zero-order valence-electron chi connectivity index (χ0n) is 16.0.